The molecule has 0 amide bonds. The zero-order valence-corrected chi connectivity index (χ0v) is 6.01. The first kappa shape index (κ1) is 6.71. The van der Waals surface area contributed by atoms with Gasteiger partial charge in [0.2, 0.25) is 0 Å². The number of nitrogens with zero attached hydrogens (tertiary/aromatic N) is 4. The Labute approximate surface area is 66.9 Å². The Morgan fingerprint density at radius 2 is 2.42 bits per heavy atom. The van der Waals surface area contributed by atoms with Crippen molar-refractivity contribution in [2.75, 3.05) is 0 Å². The van der Waals surface area contributed by atoms with Crippen molar-refractivity contribution in [2.24, 2.45) is 0 Å². The summed E-state index contributed by atoms with van der Waals surface area (Å²) < 4.78 is 1.41. The summed E-state index contributed by atoms with van der Waals surface area (Å²) in [7, 11) is 0. The van der Waals surface area contributed by atoms with Gasteiger partial charge in [0.1, 0.15) is 12.7 Å². The fourth-order valence-corrected chi connectivity index (χ4v) is 0.815. The second kappa shape index (κ2) is 2.57. The van der Waals surface area contributed by atoms with Crippen molar-refractivity contribution in [3.63, 3.8) is 0 Å². The van der Waals surface area contributed by atoms with Gasteiger partial charge in [-0.1, -0.05) is 0 Å². The maximum Gasteiger partial charge on any atom is 0.346 e. The maximum atomic E-state index is 10.8. The van der Waals surface area contributed by atoms with Gasteiger partial charge < -0.3 is 4.98 Å². The van der Waals surface area contributed by atoms with Crippen LogP contribution in [-0.2, 0) is 0 Å². The summed E-state index contributed by atoms with van der Waals surface area (Å²) in [4.78, 5) is 20.6. The molecule has 0 aliphatic carbocycles. The molecule has 0 aliphatic rings. The lowest BCUT2D eigenvalue weighted by Crippen LogP contribution is -2.12. The zero-order valence-electron chi connectivity index (χ0n) is 6.01. The molecule has 6 heteroatoms. The van der Waals surface area contributed by atoms with Gasteiger partial charge in [0.05, 0.1) is 0 Å². The quantitative estimate of drug-likeness (QED) is 0.606. The Morgan fingerprint density at radius 3 is 3.08 bits per heavy atom. The number of aromatic amines is 1. The Hall–Kier alpha value is -1.98. The van der Waals surface area contributed by atoms with E-state index in [1.807, 2.05) is 0 Å². The molecule has 0 aliphatic heterocycles. The molecule has 1 N–H and O–H groups in total. The number of rotatable bonds is 1. The minimum atomic E-state index is -0.400. The third kappa shape index (κ3) is 1.09. The lowest BCUT2D eigenvalue weighted by molar-refractivity contribution is 0.827. The Morgan fingerprint density at radius 1 is 1.50 bits per heavy atom. The van der Waals surface area contributed by atoms with E-state index in [-0.39, 0.29) is 0 Å². The van der Waals surface area contributed by atoms with Crippen molar-refractivity contribution in [1.82, 2.24) is 24.7 Å². The van der Waals surface area contributed by atoms with Gasteiger partial charge in [0, 0.05) is 6.20 Å². The van der Waals surface area contributed by atoms with Crippen LogP contribution in [0.3, 0.4) is 0 Å². The molecule has 2 aromatic rings. The Balaban J connectivity index is 2.55. The van der Waals surface area contributed by atoms with E-state index in [1.165, 1.54) is 23.5 Å². The fourth-order valence-electron chi connectivity index (χ4n) is 0.815. The molecule has 0 atom stereocenters. The molecule has 0 aromatic carbocycles. The second-order valence-corrected chi connectivity index (χ2v) is 2.09. The normalized spacial score (nSPS) is 10.0. The van der Waals surface area contributed by atoms with Gasteiger partial charge in [0.25, 0.3) is 0 Å². The predicted molar refractivity (Wildman–Crippen MR) is 39.8 cm³/mol. The van der Waals surface area contributed by atoms with Crippen LogP contribution < -0.4 is 5.69 Å². The van der Waals surface area contributed by atoms with Crippen LogP contribution in [-0.4, -0.2) is 24.7 Å². The highest BCUT2D eigenvalue weighted by Crippen LogP contribution is 1.93. The average molecular weight is 163 g/mol. The van der Waals surface area contributed by atoms with Crippen LogP contribution in [0.15, 0.2) is 29.7 Å². The highest BCUT2D eigenvalue weighted by atomic mass is 16.1. The van der Waals surface area contributed by atoms with E-state index in [4.69, 9.17) is 0 Å². The summed E-state index contributed by atoms with van der Waals surface area (Å²) in [6.45, 7) is 0. The number of H-pyrrole nitrogens is 1. The van der Waals surface area contributed by atoms with Crippen molar-refractivity contribution in [2.45, 2.75) is 0 Å². The molecule has 0 spiro atoms. The summed E-state index contributed by atoms with van der Waals surface area (Å²) in [6, 6.07) is 1.63. The highest BCUT2D eigenvalue weighted by molar-refractivity contribution is 5.15. The van der Waals surface area contributed by atoms with Crippen LogP contribution in [0, 0.1) is 0 Å². The maximum absolute atomic E-state index is 10.8. The average Bonchev–Trinajstić information content (AvgIpc) is 2.56. The summed E-state index contributed by atoms with van der Waals surface area (Å²) in [5.41, 5.74) is -0.400. The van der Waals surface area contributed by atoms with Crippen LogP contribution in [0.4, 0.5) is 0 Å². The van der Waals surface area contributed by atoms with E-state index >= 15 is 0 Å². The van der Waals surface area contributed by atoms with Crippen LogP contribution in [0.5, 0.6) is 0 Å². The molecule has 0 fully saturated rings. The van der Waals surface area contributed by atoms with E-state index in [9.17, 15) is 4.79 Å². The van der Waals surface area contributed by atoms with E-state index in [0.29, 0.717) is 5.82 Å². The predicted octanol–water partition coefficient (Wildman–Crippen LogP) is -0.649. The van der Waals surface area contributed by atoms with Gasteiger partial charge >= 0.3 is 5.69 Å². The highest BCUT2D eigenvalue weighted by Gasteiger charge is 1.96. The molecule has 60 valence electrons. The summed E-state index contributed by atoms with van der Waals surface area (Å²) in [6.07, 6.45) is 4.36. The Kier molecular flexibility index (Phi) is 1.44. The number of hydrogen-bond acceptors (Lipinski definition) is 4. The van der Waals surface area contributed by atoms with Gasteiger partial charge in [-0.15, -0.1) is 0 Å². The van der Waals surface area contributed by atoms with Gasteiger partial charge in [-0.05, 0) is 6.07 Å². The van der Waals surface area contributed by atoms with Crippen molar-refractivity contribution >= 4 is 0 Å². The second-order valence-electron chi connectivity index (χ2n) is 2.09. The SMILES string of the molecule is O=c1nc(-n2cncn2)cc[nH]1. The molecule has 0 radical (unpaired) electrons. The fraction of sp³-hybridized carbons (Fsp3) is 0. The molecular formula is C6H5N5O. The molecule has 0 saturated carbocycles. The van der Waals surface area contributed by atoms with Gasteiger partial charge in [0.15, 0.2) is 5.82 Å². The minimum absolute atomic E-state index is 0.400. The van der Waals surface area contributed by atoms with E-state index in [1.54, 1.807) is 6.07 Å². The number of nitrogens with one attached hydrogen (secondary N) is 1. The first-order valence-electron chi connectivity index (χ1n) is 3.27. The third-order valence-electron chi connectivity index (χ3n) is 1.31. The first-order chi connectivity index (χ1) is 5.86. The van der Waals surface area contributed by atoms with Crippen molar-refractivity contribution in [3.8, 4) is 5.82 Å². The lowest BCUT2D eigenvalue weighted by Gasteiger charge is -1.94. The zero-order chi connectivity index (χ0) is 8.39. The standard InChI is InChI=1S/C6H5N5O/c12-6-8-2-1-5(10-6)11-4-7-3-9-11/h1-4H,(H,8,10,12). The molecule has 0 unspecified atom stereocenters. The number of hydrogen-bond donors (Lipinski definition) is 1. The topological polar surface area (TPSA) is 76.5 Å². The molecule has 0 bridgehead atoms. The molecule has 12 heavy (non-hydrogen) atoms. The molecular weight excluding hydrogens is 158 g/mol. The van der Waals surface area contributed by atoms with Gasteiger partial charge in [-0.3, -0.25) is 0 Å². The van der Waals surface area contributed by atoms with E-state index < -0.39 is 5.69 Å². The van der Waals surface area contributed by atoms with Crippen LogP contribution in [0.1, 0.15) is 0 Å². The molecule has 2 heterocycles. The van der Waals surface area contributed by atoms with Crippen molar-refractivity contribution in [3.05, 3.63) is 35.4 Å². The van der Waals surface area contributed by atoms with Crippen LogP contribution in [0.25, 0.3) is 5.82 Å². The lowest BCUT2D eigenvalue weighted by atomic mass is 10.6. The minimum Gasteiger partial charge on any atom is -0.313 e. The van der Waals surface area contributed by atoms with Crippen molar-refractivity contribution < 1.29 is 0 Å². The monoisotopic (exact) mass is 163 g/mol. The summed E-state index contributed by atoms with van der Waals surface area (Å²) >= 11 is 0. The van der Waals surface area contributed by atoms with Crippen LogP contribution in [0.2, 0.25) is 0 Å². The third-order valence-corrected chi connectivity index (χ3v) is 1.31. The summed E-state index contributed by atoms with van der Waals surface area (Å²) in [5, 5.41) is 3.82. The van der Waals surface area contributed by atoms with Gasteiger partial charge in [-0.2, -0.15) is 10.1 Å². The smallest absolute Gasteiger partial charge is 0.313 e. The molecule has 2 aromatic heterocycles. The Bertz CT molecular complexity index is 418. The van der Waals surface area contributed by atoms with E-state index in [0.717, 1.165) is 0 Å². The van der Waals surface area contributed by atoms with Crippen molar-refractivity contribution in [1.29, 1.82) is 0 Å². The summed E-state index contributed by atoms with van der Waals surface area (Å²) in [5.74, 6) is 0.455. The molecule has 2 rings (SSSR count). The largest absolute Gasteiger partial charge is 0.346 e. The van der Waals surface area contributed by atoms with Gasteiger partial charge in [-0.25, -0.2) is 14.5 Å². The van der Waals surface area contributed by atoms with E-state index in [2.05, 4.69) is 20.1 Å². The molecule has 6 nitrogen and oxygen atoms in total. The molecule has 0 saturated heterocycles. The first-order valence-corrected chi connectivity index (χ1v) is 3.27. The number of aromatic nitrogens is 5. The van der Waals surface area contributed by atoms with Crippen LogP contribution >= 0.6 is 0 Å².